The van der Waals surface area contributed by atoms with Crippen LogP contribution in [-0.4, -0.2) is 26.5 Å². The molecule has 0 unspecified atom stereocenters. The maximum absolute atomic E-state index is 12.6. The minimum Gasteiger partial charge on any atom is -0.508 e. The van der Waals surface area contributed by atoms with Gasteiger partial charge in [-0.15, -0.1) is 0 Å². The molecule has 0 atom stereocenters. The summed E-state index contributed by atoms with van der Waals surface area (Å²) in [5.74, 6) is -0.655. The van der Waals surface area contributed by atoms with E-state index in [4.69, 9.17) is 5.73 Å². The fourth-order valence-corrected chi connectivity index (χ4v) is 2.57. The molecule has 3 aromatic rings. The highest BCUT2D eigenvalue weighted by molar-refractivity contribution is 5.94. The lowest BCUT2D eigenvalue weighted by atomic mass is 10.2. The molecule has 0 aliphatic heterocycles. The van der Waals surface area contributed by atoms with Crippen LogP contribution in [0.3, 0.4) is 0 Å². The van der Waals surface area contributed by atoms with Crippen LogP contribution in [0.4, 0.5) is 5.69 Å². The lowest BCUT2D eigenvalue weighted by Gasteiger charge is -2.11. The van der Waals surface area contributed by atoms with Crippen molar-refractivity contribution in [3.63, 3.8) is 0 Å². The van der Waals surface area contributed by atoms with Crippen LogP contribution in [-0.2, 0) is 11.3 Å². The van der Waals surface area contributed by atoms with Crippen molar-refractivity contribution in [3.05, 3.63) is 64.2 Å². The molecule has 0 aliphatic carbocycles. The second-order valence-corrected chi connectivity index (χ2v) is 5.74. The molecule has 8 heteroatoms. The molecule has 2 aromatic carbocycles. The molecule has 1 heterocycles. The molecule has 0 spiro atoms. The molecule has 0 aliphatic rings. The molecular weight excluding hydrogens is 336 g/mol. The second kappa shape index (κ2) is 6.67. The summed E-state index contributed by atoms with van der Waals surface area (Å²) < 4.78 is 1.23. The minimum absolute atomic E-state index is 0.0502. The highest BCUT2D eigenvalue weighted by Crippen LogP contribution is 2.15. The average molecular weight is 352 g/mol. The van der Waals surface area contributed by atoms with E-state index in [2.05, 4.69) is 10.3 Å². The number of carbonyl (C=O) groups is 2. The minimum atomic E-state index is -0.560. The summed E-state index contributed by atoms with van der Waals surface area (Å²) in [5.41, 5.74) is 6.00. The molecule has 26 heavy (non-hydrogen) atoms. The number of nitrogens with one attached hydrogen (secondary N) is 1. The molecule has 2 amide bonds. The van der Waals surface area contributed by atoms with Crippen LogP contribution in [0.1, 0.15) is 16.2 Å². The Hall–Kier alpha value is -3.68. The normalized spacial score (nSPS) is 10.7. The predicted octanol–water partition coefficient (Wildman–Crippen LogP) is 1.15. The van der Waals surface area contributed by atoms with Crippen molar-refractivity contribution < 1.29 is 14.7 Å². The van der Waals surface area contributed by atoms with Gasteiger partial charge in [0.25, 0.3) is 5.56 Å². The molecule has 132 valence electrons. The number of carbonyl (C=O) groups excluding carboxylic acids is 2. The molecule has 3 rings (SSSR count). The number of primary amides is 1. The molecule has 0 fully saturated rings. The van der Waals surface area contributed by atoms with Crippen molar-refractivity contribution in [3.8, 4) is 5.75 Å². The van der Waals surface area contributed by atoms with Gasteiger partial charge in [0.1, 0.15) is 18.1 Å². The van der Waals surface area contributed by atoms with Gasteiger partial charge in [-0.3, -0.25) is 19.0 Å². The highest BCUT2D eigenvalue weighted by Gasteiger charge is 2.12. The van der Waals surface area contributed by atoms with Gasteiger partial charge in [0.2, 0.25) is 11.8 Å². The summed E-state index contributed by atoms with van der Waals surface area (Å²) >= 11 is 0. The van der Waals surface area contributed by atoms with E-state index >= 15 is 0 Å². The van der Waals surface area contributed by atoms with Crippen LogP contribution in [0.5, 0.6) is 5.75 Å². The van der Waals surface area contributed by atoms with E-state index in [1.165, 1.54) is 28.8 Å². The maximum atomic E-state index is 12.6. The van der Waals surface area contributed by atoms with Crippen molar-refractivity contribution in [2.24, 2.45) is 5.73 Å². The Morgan fingerprint density at radius 3 is 2.54 bits per heavy atom. The van der Waals surface area contributed by atoms with E-state index in [-0.39, 0.29) is 17.7 Å². The van der Waals surface area contributed by atoms with E-state index in [0.29, 0.717) is 22.6 Å². The van der Waals surface area contributed by atoms with Gasteiger partial charge in [-0.2, -0.15) is 0 Å². The third kappa shape index (κ3) is 3.39. The van der Waals surface area contributed by atoms with Gasteiger partial charge in [0, 0.05) is 11.3 Å². The van der Waals surface area contributed by atoms with Gasteiger partial charge < -0.3 is 16.2 Å². The Labute approximate surface area is 147 Å². The first-order chi connectivity index (χ1) is 12.3. The number of rotatable bonds is 4. The number of hydrogen-bond acceptors (Lipinski definition) is 5. The fourth-order valence-electron chi connectivity index (χ4n) is 2.57. The first-order valence-corrected chi connectivity index (χ1v) is 7.75. The molecule has 4 N–H and O–H groups in total. The summed E-state index contributed by atoms with van der Waals surface area (Å²) in [5, 5.41) is 12.4. The zero-order chi connectivity index (χ0) is 18.8. The highest BCUT2D eigenvalue weighted by atomic mass is 16.3. The number of anilines is 1. The molecular formula is C18H16N4O4. The largest absolute Gasteiger partial charge is 0.508 e. The van der Waals surface area contributed by atoms with Gasteiger partial charge >= 0.3 is 0 Å². The van der Waals surface area contributed by atoms with Gasteiger partial charge in [-0.1, -0.05) is 0 Å². The Morgan fingerprint density at radius 2 is 1.88 bits per heavy atom. The first-order valence-electron chi connectivity index (χ1n) is 7.75. The summed E-state index contributed by atoms with van der Waals surface area (Å²) in [6.45, 7) is 1.39. The van der Waals surface area contributed by atoms with Crippen LogP contribution in [0.15, 0.2) is 47.3 Å². The number of aromatic nitrogens is 2. The predicted molar refractivity (Wildman–Crippen MR) is 96.0 cm³/mol. The van der Waals surface area contributed by atoms with Gasteiger partial charge in [-0.25, -0.2) is 4.98 Å². The zero-order valence-electron chi connectivity index (χ0n) is 13.9. The van der Waals surface area contributed by atoms with Crippen molar-refractivity contribution in [1.29, 1.82) is 0 Å². The molecule has 0 saturated carbocycles. The number of fused-ring (bicyclic) bond motifs is 1. The van der Waals surface area contributed by atoms with E-state index in [1.807, 2.05) is 0 Å². The third-order valence-electron chi connectivity index (χ3n) is 3.88. The van der Waals surface area contributed by atoms with Gasteiger partial charge in [0.15, 0.2) is 0 Å². The third-order valence-corrected chi connectivity index (χ3v) is 3.88. The van der Waals surface area contributed by atoms with E-state index in [0.717, 1.165) is 0 Å². The summed E-state index contributed by atoms with van der Waals surface area (Å²) in [6, 6.07) is 10.4. The lowest BCUT2D eigenvalue weighted by Crippen LogP contribution is -2.30. The lowest BCUT2D eigenvalue weighted by molar-refractivity contribution is -0.116. The van der Waals surface area contributed by atoms with Crippen molar-refractivity contribution in [2.45, 2.75) is 13.5 Å². The Morgan fingerprint density at radius 1 is 1.19 bits per heavy atom. The van der Waals surface area contributed by atoms with Crippen LogP contribution in [0.25, 0.3) is 10.9 Å². The number of phenolic OH excluding ortho intramolecular Hbond substituents is 1. The SMILES string of the molecule is Cc1nc2ccc(O)cc2c(=O)n1CC(=O)Nc1ccc(C(N)=O)cc1. The molecule has 0 radical (unpaired) electrons. The molecule has 0 bridgehead atoms. The summed E-state index contributed by atoms with van der Waals surface area (Å²) in [7, 11) is 0. The number of amides is 2. The monoisotopic (exact) mass is 352 g/mol. The van der Waals surface area contributed by atoms with E-state index in [1.54, 1.807) is 25.1 Å². The number of hydrogen-bond donors (Lipinski definition) is 3. The zero-order valence-corrected chi connectivity index (χ0v) is 13.9. The second-order valence-electron chi connectivity index (χ2n) is 5.74. The van der Waals surface area contributed by atoms with Crippen molar-refractivity contribution in [1.82, 2.24) is 9.55 Å². The molecule has 0 saturated heterocycles. The van der Waals surface area contributed by atoms with Crippen molar-refractivity contribution >= 4 is 28.4 Å². The van der Waals surface area contributed by atoms with E-state index < -0.39 is 17.4 Å². The Balaban J connectivity index is 1.85. The maximum Gasteiger partial charge on any atom is 0.261 e. The van der Waals surface area contributed by atoms with E-state index in [9.17, 15) is 19.5 Å². The Bertz CT molecular complexity index is 1070. The number of aryl methyl sites for hydroxylation is 1. The fraction of sp³-hybridized carbons (Fsp3) is 0.111. The summed E-state index contributed by atoms with van der Waals surface area (Å²) in [6.07, 6.45) is 0. The average Bonchev–Trinajstić information content (AvgIpc) is 2.60. The number of benzene rings is 2. The van der Waals surface area contributed by atoms with Crippen molar-refractivity contribution in [2.75, 3.05) is 5.32 Å². The number of nitrogens with two attached hydrogens (primary N) is 1. The smallest absolute Gasteiger partial charge is 0.261 e. The molecule has 8 nitrogen and oxygen atoms in total. The molecule has 1 aromatic heterocycles. The van der Waals surface area contributed by atoms with Crippen LogP contribution >= 0.6 is 0 Å². The standard InChI is InChI=1S/C18H16N4O4/c1-10-20-15-7-6-13(23)8-14(15)18(26)22(10)9-16(24)21-12-4-2-11(3-5-12)17(19)25/h2-8,23H,9H2,1H3,(H2,19,25)(H,21,24). The summed E-state index contributed by atoms with van der Waals surface area (Å²) in [4.78, 5) is 40.2. The van der Waals surface area contributed by atoms with Crippen LogP contribution in [0.2, 0.25) is 0 Å². The quantitative estimate of drug-likeness (QED) is 0.649. The topological polar surface area (TPSA) is 127 Å². The number of phenols is 1. The van der Waals surface area contributed by atoms with Crippen LogP contribution < -0.4 is 16.6 Å². The van der Waals surface area contributed by atoms with Gasteiger partial charge in [0.05, 0.1) is 10.9 Å². The van der Waals surface area contributed by atoms with Crippen LogP contribution in [0, 0.1) is 6.92 Å². The van der Waals surface area contributed by atoms with Gasteiger partial charge in [-0.05, 0) is 49.4 Å². The number of aromatic hydroxyl groups is 1. The Kier molecular flexibility index (Phi) is 4.40. The first kappa shape index (κ1) is 17.2. The number of nitrogens with zero attached hydrogens (tertiary/aromatic N) is 2.